The van der Waals surface area contributed by atoms with Gasteiger partial charge in [0.05, 0.1) is 16.3 Å². The van der Waals surface area contributed by atoms with Crippen molar-refractivity contribution >= 4 is 21.4 Å². The summed E-state index contributed by atoms with van der Waals surface area (Å²) in [4.78, 5) is 0.0168. The van der Waals surface area contributed by atoms with Gasteiger partial charge in [0, 0.05) is 0 Å². The van der Waals surface area contributed by atoms with Gasteiger partial charge >= 0.3 is 0 Å². The van der Waals surface area contributed by atoms with E-state index in [-0.39, 0.29) is 16.3 Å². The minimum Gasteiger partial charge on any atom is -0.506 e. The zero-order valence-corrected chi connectivity index (χ0v) is 12.7. The van der Waals surface area contributed by atoms with Crippen LogP contribution in [-0.4, -0.2) is 13.5 Å². The van der Waals surface area contributed by atoms with Crippen molar-refractivity contribution in [3.05, 3.63) is 47.5 Å². The summed E-state index contributed by atoms with van der Waals surface area (Å²) in [5.74, 6) is -0.140. The van der Waals surface area contributed by atoms with E-state index in [1.807, 2.05) is 32.0 Å². The third-order valence-electron chi connectivity index (χ3n) is 3.29. The molecule has 0 aliphatic heterocycles. The third kappa shape index (κ3) is 3.11. The summed E-state index contributed by atoms with van der Waals surface area (Å²) in [5.41, 5.74) is 7.94. The van der Waals surface area contributed by atoms with Crippen molar-refractivity contribution in [1.29, 1.82) is 0 Å². The van der Waals surface area contributed by atoms with E-state index in [9.17, 15) is 13.5 Å². The molecule has 0 spiro atoms. The molecule has 0 aliphatic carbocycles. The predicted octanol–water partition coefficient (Wildman–Crippen LogP) is 2.65. The molecule has 112 valence electrons. The normalized spacial score (nSPS) is 11.3. The number of phenolic OH excluding ortho intramolecular Hbond substituents is 1. The molecule has 0 saturated carbocycles. The van der Waals surface area contributed by atoms with Crippen LogP contribution in [0.4, 0.5) is 11.4 Å². The highest BCUT2D eigenvalue weighted by atomic mass is 32.2. The van der Waals surface area contributed by atoms with Crippen molar-refractivity contribution in [1.82, 2.24) is 0 Å². The topological polar surface area (TPSA) is 92.4 Å². The van der Waals surface area contributed by atoms with Gasteiger partial charge in [-0.05, 0) is 42.7 Å². The standard InChI is InChI=1S/C15H18N2O3S/c1-3-11-6-4-5-10(2)15(11)17-21(19,20)12-7-8-14(18)13(16)9-12/h4-9,17-18H,3,16H2,1-2H3. The average molecular weight is 306 g/mol. The Morgan fingerprint density at radius 2 is 1.95 bits per heavy atom. The zero-order chi connectivity index (χ0) is 15.6. The van der Waals surface area contributed by atoms with Gasteiger partial charge in [-0.25, -0.2) is 8.42 Å². The summed E-state index contributed by atoms with van der Waals surface area (Å²) in [7, 11) is -3.75. The Labute approximate surface area is 124 Å². The highest BCUT2D eigenvalue weighted by Gasteiger charge is 2.18. The molecule has 0 aromatic heterocycles. The lowest BCUT2D eigenvalue weighted by Gasteiger charge is -2.14. The smallest absolute Gasteiger partial charge is 0.261 e. The van der Waals surface area contributed by atoms with E-state index >= 15 is 0 Å². The van der Waals surface area contributed by atoms with E-state index in [0.29, 0.717) is 5.69 Å². The fourth-order valence-corrected chi connectivity index (χ4v) is 3.27. The Balaban J connectivity index is 2.44. The second-order valence-electron chi connectivity index (χ2n) is 4.79. The van der Waals surface area contributed by atoms with Gasteiger partial charge in [0.1, 0.15) is 5.75 Å². The molecule has 0 fully saturated rings. The van der Waals surface area contributed by atoms with E-state index in [1.165, 1.54) is 18.2 Å². The number of hydrogen-bond acceptors (Lipinski definition) is 4. The number of nitrogen functional groups attached to an aromatic ring is 1. The van der Waals surface area contributed by atoms with Crippen LogP contribution in [0.25, 0.3) is 0 Å². The molecule has 0 heterocycles. The number of anilines is 2. The summed E-state index contributed by atoms with van der Waals surface area (Å²) in [6, 6.07) is 9.45. The largest absolute Gasteiger partial charge is 0.506 e. The van der Waals surface area contributed by atoms with Crippen molar-refractivity contribution in [2.45, 2.75) is 25.2 Å². The lowest BCUT2D eigenvalue weighted by molar-refractivity contribution is 0.477. The van der Waals surface area contributed by atoms with Crippen LogP contribution < -0.4 is 10.5 Å². The fraction of sp³-hybridized carbons (Fsp3) is 0.200. The molecule has 2 aromatic carbocycles. The van der Waals surface area contributed by atoms with Crippen molar-refractivity contribution in [2.75, 3.05) is 10.5 Å². The molecule has 0 bridgehead atoms. The molecule has 6 heteroatoms. The molecular formula is C15H18N2O3S. The maximum absolute atomic E-state index is 12.4. The van der Waals surface area contributed by atoms with Crippen molar-refractivity contribution in [3.63, 3.8) is 0 Å². The summed E-state index contributed by atoms with van der Waals surface area (Å²) in [6.07, 6.45) is 0.719. The van der Waals surface area contributed by atoms with Gasteiger partial charge in [0.25, 0.3) is 10.0 Å². The SMILES string of the molecule is CCc1cccc(C)c1NS(=O)(=O)c1ccc(O)c(N)c1. The van der Waals surface area contributed by atoms with Crippen LogP contribution in [0.5, 0.6) is 5.75 Å². The second kappa shape index (κ2) is 5.65. The Hall–Kier alpha value is -2.21. The monoisotopic (exact) mass is 306 g/mol. The van der Waals surface area contributed by atoms with Crippen LogP contribution in [0.2, 0.25) is 0 Å². The minimum atomic E-state index is -3.75. The lowest BCUT2D eigenvalue weighted by Crippen LogP contribution is -2.15. The third-order valence-corrected chi connectivity index (χ3v) is 4.63. The van der Waals surface area contributed by atoms with Crippen molar-refractivity contribution < 1.29 is 13.5 Å². The van der Waals surface area contributed by atoms with Gasteiger partial charge in [0.2, 0.25) is 0 Å². The molecule has 0 atom stereocenters. The molecule has 0 radical (unpaired) electrons. The van der Waals surface area contributed by atoms with E-state index in [0.717, 1.165) is 17.5 Å². The van der Waals surface area contributed by atoms with Gasteiger partial charge in [-0.3, -0.25) is 4.72 Å². The van der Waals surface area contributed by atoms with Gasteiger partial charge in [0.15, 0.2) is 0 Å². The Bertz CT molecular complexity index is 770. The average Bonchev–Trinajstić information content (AvgIpc) is 2.43. The first kappa shape index (κ1) is 15.2. The number of benzene rings is 2. The molecule has 4 N–H and O–H groups in total. The molecule has 0 amide bonds. The van der Waals surface area contributed by atoms with E-state index < -0.39 is 10.0 Å². The van der Waals surface area contributed by atoms with Crippen LogP contribution in [-0.2, 0) is 16.4 Å². The highest BCUT2D eigenvalue weighted by molar-refractivity contribution is 7.92. The van der Waals surface area contributed by atoms with Gasteiger partial charge < -0.3 is 10.8 Å². The first-order chi connectivity index (χ1) is 9.85. The second-order valence-corrected chi connectivity index (χ2v) is 6.47. The van der Waals surface area contributed by atoms with Crippen LogP contribution in [0.3, 0.4) is 0 Å². The minimum absolute atomic E-state index is 0.0168. The Morgan fingerprint density at radius 1 is 1.24 bits per heavy atom. The number of aryl methyl sites for hydroxylation is 2. The number of nitrogens with two attached hydrogens (primary N) is 1. The fourth-order valence-electron chi connectivity index (χ4n) is 2.06. The van der Waals surface area contributed by atoms with Crippen molar-refractivity contribution in [3.8, 4) is 5.75 Å². The summed E-state index contributed by atoms with van der Waals surface area (Å²) < 4.78 is 27.5. The van der Waals surface area contributed by atoms with Gasteiger partial charge in [-0.15, -0.1) is 0 Å². The van der Waals surface area contributed by atoms with Gasteiger partial charge in [-0.1, -0.05) is 25.1 Å². The molecule has 0 saturated heterocycles. The number of hydrogen-bond donors (Lipinski definition) is 3. The van der Waals surface area contributed by atoms with Crippen LogP contribution in [0.15, 0.2) is 41.3 Å². The highest BCUT2D eigenvalue weighted by Crippen LogP contribution is 2.27. The zero-order valence-electron chi connectivity index (χ0n) is 11.9. The number of phenols is 1. The van der Waals surface area contributed by atoms with E-state index in [4.69, 9.17) is 5.73 Å². The van der Waals surface area contributed by atoms with Gasteiger partial charge in [-0.2, -0.15) is 0 Å². The number of sulfonamides is 1. The molecule has 0 aliphatic rings. The quantitative estimate of drug-likeness (QED) is 0.598. The summed E-state index contributed by atoms with van der Waals surface area (Å²) >= 11 is 0. The Morgan fingerprint density at radius 3 is 2.57 bits per heavy atom. The maximum atomic E-state index is 12.4. The van der Waals surface area contributed by atoms with Crippen LogP contribution in [0, 0.1) is 6.92 Å². The number of rotatable bonds is 4. The molecular weight excluding hydrogens is 288 g/mol. The molecule has 21 heavy (non-hydrogen) atoms. The van der Waals surface area contributed by atoms with Crippen LogP contribution >= 0.6 is 0 Å². The predicted molar refractivity (Wildman–Crippen MR) is 83.9 cm³/mol. The first-order valence-corrected chi connectivity index (χ1v) is 8.03. The maximum Gasteiger partial charge on any atom is 0.261 e. The molecule has 2 rings (SSSR count). The van der Waals surface area contributed by atoms with E-state index in [1.54, 1.807) is 0 Å². The van der Waals surface area contributed by atoms with Crippen LogP contribution in [0.1, 0.15) is 18.1 Å². The molecule has 0 unspecified atom stereocenters. The summed E-state index contributed by atoms with van der Waals surface area (Å²) in [5, 5.41) is 9.39. The first-order valence-electron chi connectivity index (χ1n) is 6.55. The number of aromatic hydroxyl groups is 1. The summed E-state index contributed by atoms with van der Waals surface area (Å²) in [6.45, 7) is 3.81. The number of nitrogens with one attached hydrogen (secondary N) is 1. The number of para-hydroxylation sites is 1. The van der Waals surface area contributed by atoms with E-state index in [2.05, 4.69) is 4.72 Å². The Kier molecular flexibility index (Phi) is 4.09. The molecule has 2 aromatic rings. The lowest BCUT2D eigenvalue weighted by atomic mass is 10.1. The molecule has 5 nitrogen and oxygen atoms in total. The van der Waals surface area contributed by atoms with Crippen molar-refractivity contribution in [2.24, 2.45) is 0 Å².